The molecule has 8 heteroatoms. The number of amides is 2. The van der Waals surface area contributed by atoms with Gasteiger partial charge in [-0.3, -0.25) is 19.0 Å². The zero-order chi connectivity index (χ0) is 23.4. The summed E-state index contributed by atoms with van der Waals surface area (Å²) in [5, 5.41) is 2.77. The molecule has 0 fully saturated rings. The summed E-state index contributed by atoms with van der Waals surface area (Å²) in [6.07, 6.45) is 1.40. The van der Waals surface area contributed by atoms with Crippen molar-refractivity contribution in [3.05, 3.63) is 82.9 Å². The zero-order valence-corrected chi connectivity index (χ0v) is 19.3. The Morgan fingerprint density at radius 3 is 2.39 bits per heavy atom. The second-order valence-corrected chi connectivity index (χ2v) is 8.52. The molecule has 0 bridgehead atoms. The van der Waals surface area contributed by atoms with E-state index in [-0.39, 0.29) is 23.9 Å². The highest BCUT2D eigenvalue weighted by molar-refractivity contribution is 7.22. The molecule has 33 heavy (non-hydrogen) atoms. The number of hydrogen-bond donors (Lipinski definition) is 1. The van der Waals surface area contributed by atoms with Crippen LogP contribution in [0.1, 0.15) is 24.2 Å². The topological polar surface area (TPSA) is 84.3 Å². The third-order valence-electron chi connectivity index (χ3n) is 5.34. The highest BCUT2D eigenvalue weighted by Crippen LogP contribution is 2.30. The molecular weight excluding hydrogens is 436 g/mol. The molecule has 2 heterocycles. The summed E-state index contributed by atoms with van der Waals surface area (Å²) in [7, 11) is 0. The fourth-order valence-electron chi connectivity index (χ4n) is 3.55. The van der Waals surface area contributed by atoms with Crippen LogP contribution in [0.4, 0.5) is 5.69 Å². The summed E-state index contributed by atoms with van der Waals surface area (Å²) in [6.45, 7) is 4.99. The third kappa shape index (κ3) is 4.85. The molecule has 0 aliphatic heterocycles. The van der Waals surface area contributed by atoms with Gasteiger partial charge in [-0.25, -0.2) is 4.98 Å². The van der Waals surface area contributed by atoms with Crippen molar-refractivity contribution in [1.82, 2.24) is 14.5 Å². The van der Waals surface area contributed by atoms with Crippen molar-refractivity contribution in [2.45, 2.75) is 20.4 Å². The van der Waals surface area contributed by atoms with Crippen LogP contribution in [0.3, 0.4) is 0 Å². The minimum absolute atomic E-state index is 0.0466. The number of nitrogens with zero attached hydrogens (tertiary/aromatic N) is 3. The van der Waals surface area contributed by atoms with E-state index in [0.29, 0.717) is 34.6 Å². The second-order valence-electron chi connectivity index (χ2n) is 7.47. The van der Waals surface area contributed by atoms with E-state index in [0.717, 1.165) is 10.4 Å². The van der Waals surface area contributed by atoms with E-state index in [1.807, 2.05) is 50.2 Å². The molecule has 1 N–H and O–H groups in total. The molecule has 4 aromatic rings. The van der Waals surface area contributed by atoms with Gasteiger partial charge in [0.1, 0.15) is 11.2 Å². The highest BCUT2D eigenvalue weighted by Gasteiger charge is 2.14. The lowest BCUT2D eigenvalue weighted by atomic mass is 10.1. The summed E-state index contributed by atoms with van der Waals surface area (Å²) in [5.74, 6) is -0.393. The van der Waals surface area contributed by atoms with Crippen molar-refractivity contribution in [2.24, 2.45) is 0 Å². The average molecular weight is 461 g/mol. The number of benzene rings is 2. The van der Waals surface area contributed by atoms with E-state index in [9.17, 15) is 14.4 Å². The van der Waals surface area contributed by atoms with Crippen LogP contribution in [0.25, 0.3) is 20.7 Å². The molecule has 0 radical (unpaired) electrons. The molecule has 2 aromatic heterocycles. The quantitative estimate of drug-likeness (QED) is 0.447. The molecule has 0 saturated carbocycles. The van der Waals surface area contributed by atoms with Gasteiger partial charge < -0.3 is 10.2 Å². The minimum Gasteiger partial charge on any atom is -0.339 e. The molecule has 0 unspecified atom stereocenters. The van der Waals surface area contributed by atoms with Gasteiger partial charge in [0, 0.05) is 29.2 Å². The molecule has 0 atom stereocenters. The van der Waals surface area contributed by atoms with E-state index < -0.39 is 0 Å². The Labute approximate surface area is 195 Å². The van der Waals surface area contributed by atoms with E-state index in [1.165, 1.54) is 22.2 Å². The van der Waals surface area contributed by atoms with Crippen LogP contribution < -0.4 is 10.9 Å². The number of nitrogens with one attached hydrogen (secondary N) is 1. The Morgan fingerprint density at radius 2 is 1.73 bits per heavy atom. The molecule has 2 amide bonds. The van der Waals surface area contributed by atoms with Crippen LogP contribution in [0.5, 0.6) is 0 Å². The molecule has 7 nitrogen and oxygen atoms in total. The molecular formula is C25H24N4O3S. The Hall–Kier alpha value is -3.78. The maximum absolute atomic E-state index is 12.9. The van der Waals surface area contributed by atoms with Crippen molar-refractivity contribution in [3.63, 3.8) is 0 Å². The van der Waals surface area contributed by atoms with Gasteiger partial charge in [0.2, 0.25) is 5.91 Å². The number of hydrogen-bond acceptors (Lipinski definition) is 5. The van der Waals surface area contributed by atoms with Crippen LogP contribution in [0.15, 0.2) is 71.8 Å². The first-order valence-electron chi connectivity index (χ1n) is 10.7. The highest BCUT2D eigenvalue weighted by atomic mass is 32.1. The Kier molecular flexibility index (Phi) is 6.65. The van der Waals surface area contributed by atoms with E-state index in [2.05, 4.69) is 10.3 Å². The molecule has 0 aliphatic carbocycles. The lowest BCUT2D eigenvalue weighted by molar-refractivity contribution is -0.116. The predicted octanol–water partition coefficient (Wildman–Crippen LogP) is 4.25. The smallest absolute Gasteiger partial charge is 0.271 e. The van der Waals surface area contributed by atoms with Crippen LogP contribution in [-0.4, -0.2) is 39.4 Å². The summed E-state index contributed by atoms with van der Waals surface area (Å²) in [6, 6.07) is 18.4. The van der Waals surface area contributed by atoms with Crippen molar-refractivity contribution in [1.29, 1.82) is 0 Å². The summed E-state index contributed by atoms with van der Waals surface area (Å²) in [5.41, 5.74) is 2.51. The number of rotatable bonds is 7. The van der Waals surface area contributed by atoms with Crippen molar-refractivity contribution < 1.29 is 9.59 Å². The lowest BCUT2D eigenvalue weighted by Gasteiger charge is -2.18. The SMILES string of the molecule is CCN(CC)C(=O)c1ccc(NC(=O)Cn2cnc3cc(-c4ccccc4)sc3c2=O)cc1. The number of thiophene rings is 1. The number of anilines is 1. The van der Waals surface area contributed by atoms with Gasteiger partial charge in [-0.15, -0.1) is 11.3 Å². The monoisotopic (exact) mass is 460 g/mol. The maximum Gasteiger partial charge on any atom is 0.271 e. The molecule has 0 spiro atoms. The Balaban J connectivity index is 1.47. The van der Waals surface area contributed by atoms with Gasteiger partial charge in [0.25, 0.3) is 11.5 Å². The molecule has 168 valence electrons. The van der Waals surface area contributed by atoms with Crippen LogP contribution >= 0.6 is 11.3 Å². The van der Waals surface area contributed by atoms with Crippen LogP contribution in [-0.2, 0) is 11.3 Å². The van der Waals surface area contributed by atoms with Gasteiger partial charge >= 0.3 is 0 Å². The first-order chi connectivity index (χ1) is 16.0. The molecule has 2 aromatic carbocycles. The van der Waals surface area contributed by atoms with Crippen LogP contribution in [0, 0.1) is 0 Å². The van der Waals surface area contributed by atoms with Crippen LogP contribution in [0.2, 0.25) is 0 Å². The van der Waals surface area contributed by atoms with Gasteiger partial charge in [-0.05, 0) is 49.7 Å². The van der Waals surface area contributed by atoms with Gasteiger partial charge in [0.15, 0.2) is 0 Å². The number of aromatic nitrogens is 2. The second kappa shape index (κ2) is 9.79. The summed E-state index contributed by atoms with van der Waals surface area (Å²) in [4.78, 5) is 44.9. The summed E-state index contributed by atoms with van der Waals surface area (Å²) >= 11 is 1.37. The first-order valence-corrected chi connectivity index (χ1v) is 11.6. The zero-order valence-electron chi connectivity index (χ0n) is 18.4. The average Bonchev–Trinajstić information content (AvgIpc) is 3.28. The Bertz CT molecular complexity index is 1340. The molecule has 0 aliphatic rings. The van der Waals surface area contributed by atoms with E-state index in [1.54, 1.807) is 29.2 Å². The normalized spacial score (nSPS) is 10.8. The van der Waals surface area contributed by atoms with E-state index >= 15 is 0 Å². The van der Waals surface area contributed by atoms with Crippen molar-refractivity contribution in [2.75, 3.05) is 18.4 Å². The fourth-order valence-corrected chi connectivity index (χ4v) is 4.61. The standard InChI is InChI=1S/C25H24N4O3S/c1-3-28(4-2)24(31)18-10-12-19(13-11-18)27-22(30)15-29-16-26-20-14-21(33-23(20)25(29)32)17-8-6-5-7-9-17/h5-14,16H,3-4,15H2,1-2H3,(H,27,30). The van der Waals surface area contributed by atoms with Gasteiger partial charge in [-0.2, -0.15) is 0 Å². The molecule has 0 saturated heterocycles. The predicted molar refractivity (Wildman–Crippen MR) is 132 cm³/mol. The number of carbonyl (C=O) groups excluding carboxylic acids is 2. The number of fused-ring (bicyclic) bond motifs is 1. The first kappa shape index (κ1) is 22.4. The third-order valence-corrected chi connectivity index (χ3v) is 6.50. The fraction of sp³-hybridized carbons (Fsp3) is 0.200. The van der Waals surface area contributed by atoms with Gasteiger partial charge in [-0.1, -0.05) is 30.3 Å². The van der Waals surface area contributed by atoms with Gasteiger partial charge in [0.05, 0.1) is 11.8 Å². The molecule has 4 rings (SSSR count). The maximum atomic E-state index is 12.9. The largest absolute Gasteiger partial charge is 0.339 e. The lowest BCUT2D eigenvalue weighted by Crippen LogP contribution is -2.30. The minimum atomic E-state index is -0.346. The Morgan fingerprint density at radius 1 is 1.03 bits per heavy atom. The van der Waals surface area contributed by atoms with Crippen molar-refractivity contribution in [3.8, 4) is 10.4 Å². The van der Waals surface area contributed by atoms with E-state index in [4.69, 9.17) is 0 Å². The van der Waals surface area contributed by atoms with Crippen molar-refractivity contribution >= 4 is 39.1 Å². The number of carbonyl (C=O) groups is 2. The summed E-state index contributed by atoms with van der Waals surface area (Å²) < 4.78 is 1.82.